The third kappa shape index (κ3) is 6.77. The summed E-state index contributed by atoms with van der Waals surface area (Å²) in [5.74, 6) is -4.76. The molecule has 1 saturated heterocycles. The second-order valence-electron chi connectivity index (χ2n) is 8.86. The highest BCUT2D eigenvalue weighted by atomic mass is 32.2. The number of benzene rings is 3. The van der Waals surface area contributed by atoms with Crippen molar-refractivity contribution in [2.45, 2.75) is 42.4 Å². The van der Waals surface area contributed by atoms with Crippen molar-refractivity contribution in [3.63, 3.8) is 0 Å². The van der Waals surface area contributed by atoms with E-state index in [1.807, 2.05) is 6.92 Å². The normalized spacial score (nSPS) is 17.9. The summed E-state index contributed by atoms with van der Waals surface area (Å²) in [6, 6.07) is 17.1. The van der Waals surface area contributed by atoms with Crippen LogP contribution in [0.2, 0.25) is 0 Å². The van der Waals surface area contributed by atoms with Crippen LogP contribution < -0.4 is 5.73 Å². The van der Waals surface area contributed by atoms with Gasteiger partial charge in [0.1, 0.15) is 17.7 Å². The first-order valence-electron chi connectivity index (χ1n) is 11.6. The smallest absolute Gasteiger partial charge is 0.294 e. The molecule has 0 aliphatic carbocycles. The summed E-state index contributed by atoms with van der Waals surface area (Å²) in [4.78, 5) is 13.7. The fourth-order valence-electron chi connectivity index (χ4n) is 4.16. The minimum atomic E-state index is -4.02. The number of amides is 1. The minimum absolute atomic E-state index is 0.0666. The second kappa shape index (κ2) is 11.8. The average Bonchev–Trinajstić information content (AvgIpc) is 3.28. The molecular weight excluding hydrogens is 519 g/mol. The molecule has 7 nitrogen and oxygen atoms in total. The maximum atomic E-state index is 14.7. The lowest BCUT2D eigenvalue weighted by Gasteiger charge is -2.31. The number of carbonyl (C=O) groups is 1. The summed E-state index contributed by atoms with van der Waals surface area (Å²) >= 11 is 0. The Labute approximate surface area is 219 Å². The molecule has 1 aliphatic rings. The summed E-state index contributed by atoms with van der Waals surface area (Å²) in [5, 5.41) is 9.12. The van der Waals surface area contributed by atoms with Crippen LogP contribution in [-0.2, 0) is 14.9 Å². The van der Waals surface area contributed by atoms with Gasteiger partial charge >= 0.3 is 0 Å². The first-order chi connectivity index (χ1) is 17.9. The van der Waals surface area contributed by atoms with Crippen molar-refractivity contribution >= 4 is 16.0 Å². The molecule has 0 bridgehead atoms. The Morgan fingerprint density at radius 1 is 1.00 bits per heavy atom. The van der Waals surface area contributed by atoms with Crippen molar-refractivity contribution in [3.05, 3.63) is 101 Å². The second-order valence-corrected chi connectivity index (χ2v) is 10.3. The number of aryl methyl sites for hydroxylation is 1. The highest BCUT2D eigenvalue weighted by Gasteiger charge is 2.47. The van der Waals surface area contributed by atoms with Crippen LogP contribution in [-0.4, -0.2) is 42.2 Å². The predicted octanol–water partition coefficient (Wildman–Crippen LogP) is 4.48. The number of carbonyl (C=O) groups excluding carboxylic acids is 1. The van der Waals surface area contributed by atoms with E-state index in [2.05, 4.69) is 0 Å². The van der Waals surface area contributed by atoms with Crippen LogP contribution in [0.25, 0.3) is 0 Å². The van der Waals surface area contributed by atoms with Gasteiger partial charge in [-0.1, -0.05) is 42.0 Å². The van der Waals surface area contributed by atoms with Crippen molar-refractivity contribution in [1.82, 2.24) is 4.90 Å². The van der Waals surface area contributed by atoms with E-state index in [1.54, 1.807) is 18.2 Å². The number of rotatable bonds is 5. The molecule has 2 atom stereocenters. The third-order valence-corrected chi connectivity index (χ3v) is 7.04. The van der Waals surface area contributed by atoms with E-state index in [1.165, 1.54) is 60.7 Å². The molecular formula is C27H26F3N3O4S. The van der Waals surface area contributed by atoms with E-state index in [0.717, 1.165) is 10.5 Å². The molecule has 38 heavy (non-hydrogen) atoms. The highest BCUT2D eigenvalue weighted by molar-refractivity contribution is 7.85. The maximum absolute atomic E-state index is 14.7. The largest absolute Gasteiger partial charge is 0.319 e. The molecule has 1 heterocycles. The van der Waals surface area contributed by atoms with Crippen molar-refractivity contribution in [3.8, 4) is 6.07 Å². The molecule has 1 aliphatic heterocycles. The van der Waals surface area contributed by atoms with Gasteiger partial charge in [-0.15, -0.1) is 0 Å². The molecule has 1 amide bonds. The van der Waals surface area contributed by atoms with Crippen LogP contribution in [0.3, 0.4) is 0 Å². The van der Waals surface area contributed by atoms with Crippen LogP contribution in [0.4, 0.5) is 13.2 Å². The monoisotopic (exact) mass is 545 g/mol. The van der Waals surface area contributed by atoms with Gasteiger partial charge in [0.15, 0.2) is 0 Å². The molecule has 4 rings (SSSR count). The molecule has 1 unspecified atom stereocenters. The van der Waals surface area contributed by atoms with Crippen molar-refractivity contribution < 1.29 is 30.9 Å². The first kappa shape index (κ1) is 28.8. The van der Waals surface area contributed by atoms with Gasteiger partial charge in [-0.2, -0.15) is 13.7 Å². The molecule has 1 fully saturated rings. The number of halogens is 3. The lowest BCUT2D eigenvalue weighted by atomic mass is 9.84. The molecule has 3 aromatic carbocycles. The van der Waals surface area contributed by atoms with Crippen LogP contribution in [0.15, 0.2) is 77.7 Å². The Hall–Kier alpha value is -3.72. The lowest BCUT2D eigenvalue weighted by Crippen LogP contribution is -2.52. The summed E-state index contributed by atoms with van der Waals surface area (Å²) in [7, 11) is -4.02. The molecule has 0 saturated carbocycles. The van der Waals surface area contributed by atoms with Gasteiger partial charge in [-0.05, 0) is 60.9 Å². The Balaban J connectivity index is 0.000000304. The molecule has 0 aromatic heterocycles. The lowest BCUT2D eigenvalue weighted by molar-refractivity contribution is -0.140. The van der Waals surface area contributed by atoms with E-state index >= 15 is 0 Å². The van der Waals surface area contributed by atoms with Crippen LogP contribution in [0.5, 0.6) is 0 Å². The average molecular weight is 546 g/mol. The summed E-state index contributed by atoms with van der Waals surface area (Å²) in [6.45, 7) is 1.93. The fourth-order valence-corrected chi connectivity index (χ4v) is 4.64. The zero-order valence-corrected chi connectivity index (χ0v) is 21.2. The predicted molar refractivity (Wildman–Crippen MR) is 134 cm³/mol. The van der Waals surface area contributed by atoms with Crippen molar-refractivity contribution in [2.75, 3.05) is 6.54 Å². The topological polar surface area (TPSA) is 124 Å². The zero-order valence-electron chi connectivity index (χ0n) is 20.4. The van der Waals surface area contributed by atoms with Gasteiger partial charge in [0.2, 0.25) is 5.91 Å². The van der Waals surface area contributed by atoms with E-state index in [4.69, 9.17) is 15.5 Å². The minimum Gasteiger partial charge on any atom is -0.319 e. The Morgan fingerprint density at radius 2 is 1.47 bits per heavy atom. The third-order valence-electron chi connectivity index (χ3n) is 6.18. The van der Waals surface area contributed by atoms with E-state index in [0.29, 0.717) is 17.5 Å². The molecule has 0 radical (unpaired) electrons. The quantitative estimate of drug-likeness (QED) is 0.360. The SMILES string of the molecule is Cc1ccc(S(=O)(=O)O)cc1.N#CC1(F)CCCN1C(=O)[C@@H](N)C(c1ccc(F)cc1)c1ccc(F)cc1. The Bertz CT molecular complexity index is 1360. The fraction of sp³-hybridized carbons (Fsp3) is 0.259. The number of nitrogens with zero attached hydrogens (tertiary/aromatic N) is 2. The van der Waals surface area contributed by atoms with Gasteiger partial charge in [0.05, 0.1) is 10.9 Å². The molecule has 11 heteroatoms. The van der Waals surface area contributed by atoms with Crippen LogP contribution in [0.1, 0.15) is 35.4 Å². The maximum Gasteiger partial charge on any atom is 0.294 e. The standard InChI is InChI=1S/C20H18F3N3O.C7H8O3S/c21-15-6-2-13(3-7-15)17(14-4-8-16(22)9-5-14)18(25)19(27)26-11-1-10-20(26,23)12-24;1-6-2-4-7(5-3-6)11(8,9)10/h2-9,17-18H,1,10-11,25H2;2-5H,1H3,(H,8,9,10)/t18-,20?;/m0./s1. The summed E-state index contributed by atoms with van der Waals surface area (Å²) < 4.78 is 70.9. The molecule has 3 N–H and O–H groups in total. The van der Waals surface area contributed by atoms with E-state index in [-0.39, 0.29) is 17.9 Å². The van der Waals surface area contributed by atoms with Gasteiger partial charge in [0, 0.05) is 18.9 Å². The highest BCUT2D eigenvalue weighted by Crippen LogP contribution is 2.34. The number of hydrogen-bond donors (Lipinski definition) is 2. The van der Waals surface area contributed by atoms with Gasteiger partial charge in [-0.3, -0.25) is 14.2 Å². The van der Waals surface area contributed by atoms with Gasteiger partial charge in [-0.25, -0.2) is 13.2 Å². The number of nitriles is 1. The molecule has 0 spiro atoms. The molecule has 200 valence electrons. The van der Waals surface area contributed by atoms with Crippen molar-refractivity contribution in [2.24, 2.45) is 5.73 Å². The molecule has 3 aromatic rings. The zero-order chi connectivity index (χ0) is 28.1. The van der Waals surface area contributed by atoms with Crippen LogP contribution in [0, 0.1) is 29.9 Å². The summed E-state index contributed by atoms with van der Waals surface area (Å²) in [6.07, 6.45) is 0.292. The van der Waals surface area contributed by atoms with Gasteiger partial charge < -0.3 is 5.73 Å². The Morgan fingerprint density at radius 3 is 1.89 bits per heavy atom. The van der Waals surface area contributed by atoms with Crippen molar-refractivity contribution in [1.29, 1.82) is 5.26 Å². The van der Waals surface area contributed by atoms with Gasteiger partial charge in [0.25, 0.3) is 15.9 Å². The number of hydrogen-bond acceptors (Lipinski definition) is 5. The van der Waals surface area contributed by atoms with E-state index < -0.39 is 45.4 Å². The number of alkyl halides is 1. The van der Waals surface area contributed by atoms with Crippen LogP contribution >= 0.6 is 0 Å². The van der Waals surface area contributed by atoms with E-state index in [9.17, 15) is 26.4 Å². The summed E-state index contributed by atoms with van der Waals surface area (Å²) in [5.41, 5.74) is 8.22. The Kier molecular flexibility index (Phi) is 8.93. The first-order valence-corrected chi connectivity index (χ1v) is 13.0. The number of nitrogens with two attached hydrogens (primary N) is 1. The number of likely N-dealkylation sites (tertiary alicyclic amines) is 1.